The lowest BCUT2D eigenvalue weighted by Crippen LogP contribution is -2.53. The summed E-state index contributed by atoms with van der Waals surface area (Å²) in [6.45, 7) is 2.20. The molecule has 0 spiro atoms. The van der Waals surface area contributed by atoms with Gasteiger partial charge in [-0.1, -0.05) is 12.1 Å². The van der Waals surface area contributed by atoms with Crippen molar-refractivity contribution < 1.29 is 19.2 Å². The Bertz CT molecular complexity index is 734. The van der Waals surface area contributed by atoms with Crippen LogP contribution in [0.15, 0.2) is 24.3 Å². The molecule has 0 aromatic heterocycles. The summed E-state index contributed by atoms with van der Waals surface area (Å²) in [6.07, 6.45) is 0.454. The first-order valence-electron chi connectivity index (χ1n) is 9.04. The highest BCUT2D eigenvalue weighted by molar-refractivity contribution is 6.22. The van der Waals surface area contributed by atoms with E-state index in [1.165, 1.54) is 0 Å². The summed E-state index contributed by atoms with van der Waals surface area (Å²) in [5, 5.41) is 0. The van der Waals surface area contributed by atoms with E-state index in [0.717, 1.165) is 4.90 Å². The van der Waals surface area contributed by atoms with Crippen molar-refractivity contribution in [3.05, 3.63) is 35.4 Å². The third-order valence-corrected chi connectivity index (χ3v) is 4.93. The molecule has 2 aliphatic heterocycles. The molecule has 144 valence electrons. The van der Waals surface area contributed by atoms with Crippen LogP contribution in [0.2, 0.25) is 0 Å². The predicted molar refractivity (Wildman–Crippen MR) is 98.1 cm³/mol. The highest BCUT2D eigenvalue weighted by atomic mass is 16.2. The van der Waals surface area contributed by atoms with Crippen LogP contribution in [0.25, 0.3) is 0 Å². The van der Waals surface area contributed by atoms with Crippen LogP contribution >= 0.6 is 0 Å². The SMILES string of the molecule is CN(C)CCC(=O)N1CCN(C(=O)CN2C(=O)c3ccccc3C2=O)CC1. The molecule has 2 heterocycles. The van der Waals surface area contributed by atoms with Gasteiger partial charge < -0.3 is 14.7 Å². The van der Waals surface area contributed by atoms with Crippen molar-refractivity contribution >= 4 is 23.6 Å². The number of hydrogen-bond donors (Lipinski definition) is 0. The summed E-state index contributed by atoms with van der Waals surface area (Å²) < 4.78 is 0. The lowest BCUT2D eigenvalue weighted by atomic mass is 10.1. The second-order valence-corrected chi connectivity index (χ2v) is 7.06. The number of amides is 4. The number of nitrogens with zero attached hydrogens (tertiary/aromatic N) is 4. The second-order valence-electron chi connectivity index (χ2n) is 7.06. The second kappa shape index (κ2) is 7.87. The maximum Gasteiger partial charge on any atom is 0.262 e. The number of carbonyl (C=O) groups is 4. The van der Waals surface area contributed by atoms with Gasteiger partial charge in [0.15, 0.2) is 0 Å². The molecule has 0 aliphatic carbocycles. The van der Waals surface area contributed by atoms with Crippen LogP contribution in [0.3, 0.4) is 0 Å². The largest absolute Gasteiger partial charge is 0.339 e. The van der Waals surface area contributed by atoms with Crippen molar-refractivity contribution in [1.82, 2.24) is 19.6 Å². The van der Waals surface area contributed by atoms with Crippen molar-refractivity contribution in [2.75, 3.05) is 53.4 Å². The first kappa shape index (κ1) is 19.0. The molecule has 1 saturated heterocycles. The Balaban J connectivity index is 1.53. The van der Waals surface area contributed by atoms with E-state index in [-0.39, 0.29) is 18.4 Å². The Hall–Kier alpha value is -2.74. The summed E-state index contributed by atoms with van der Waals surface area (Å²) in [5.41, 5.74) is 0.679. The molecule has 0 radical (unpaired) electrons. The van der Waals surface area contributed by atoms with E-state index in [4.69, 9.17) is 0 Å². The molecular formula is C19H24N4O4. The van der Waals surface area contributed by atoms with Gasteiger partial charge in [0.1, 0.15) is 6.54 Å². The topological polar surface area (TPSA) is 81.2 Å². The van der Waals surface area contributed by atoms with Crippen LogP contribution in [0.5, 0.6) is 0 Å². The van der Waals surface area contributed by atoms with Crippen LogP contribution in [-0.4, -0.2) is 96.6 Å². The fourth-order valence-corrected chi connectivity index (χ4v) is 3.30. The normalized spacial score (nSPS) is 16.9. The quantitative estimate of drug-likeness (QED) is 0.675. The van der Waals surface area contributed by atoms with Gasteiger partial charge in [0.2, 0.25) is 11.8 Å². The fraction of sp³-hybridized carbons (Fsp3) is 0.474. The van der Waals surface area contributed by atoms with Gasteiger partial charge in [-0.05, 0) is 26.2 Å². The molecule has 27 heavy (non-hydrogen) atoms. The van der Waals surface area contributed by atoms with E-state index in [0.29, 0.717) is 50.3 Å². The zero-order valence-electron chi connectivity index (χ0n) is 15.7. The van der Waals surface area contributed by atoms with Gasteiger partial charge in [-0.25, -0.2) is 0 Å². The lowest BCUT2D eigenvalue weighted by molar-refractivity contribution is -0.139. The molecule has 8 nitrogen and oxygen atoms in total. The molecule has 2 aliphatic rings. The van der Waals surface area contributed by atoms with Crippen LogP contribution in [0.4, 0.5) is 0 Å². The van der Waals surface area contributed by atoms with Gasteiger partial charge in [-0.2, -0.15) is 0 Å². The lowest BCUT2D eigenvalue weighted by Gasteiger charge is -2.35. The van der Waals surface area contributed by atoms with Crippen LogP contribution in [-0.2, 0) is 9.59 Å². The van der Waals surface area contributed by atoms with E-state index in [2.05, 4.69) is 0 Å². The summed E-state index contributed by atoms with van der Waals surface area (Å²) in [5.74, 6) is -1.05. The number of piperazine rings is 1. The van der Waals surface area contributed by atoms with E-state index < -0.39 is 11.8 Å². The van der Waals surface area contributed by atoms with Gasteiger partial charge >= 0.3 is 0 Å². The highest BCUT2D eigenvalue weighted by Gasteiger charge is 2.37. The summed E-state index contributed by atoms with van der Waals surface area (Å²) in [6, 6.07) is 6.58. The maximum atomic E-state index is 12.6. The Kier molecular flexibility index (Phi) is 5.55. The minimum atomic E-state index is -0.429. The molecule has 0 saturated carbocycles. The Morgan fingerprint density at radius 2 is 1.37 bits per heavy atom. The van der Waals surface area contributed by atoms with E-state index in [1.807, 2.05) is 19.0 Å². The third kappa shape index (κ3) is 4.00. The van der Waals surface area contributed by atoms with E-state index in [9.17, 15) is 19.2 Å². The maximum absolute atomic E-state index is 12.6. The zero-order valence-corrected chi connectivity index (χ0v) is 15.7. The Morgan fingerprint density at radius 1 is 0.889 bits per heavy atom. The minimum Gasteiger partial charge on any atom is -0.339 e. The molecular weight excluding hydrogens is 348 g/mol. The van der Waals surface area contributed by atoms with Gasteiger partial charge in [0, 0.05) is 39.1 Å². The number of rotatable bonds is 5. The third-order valence-electron chi connectivity index (χ3n) is 4.93. The number of carbonyl (C=O) groups excluding carboxylic acids is 4. The van der Waals surface area contributed by atoms with E-state index in [1.54, 1.807) is 34.1 Å². The Labute approximate surface area is 158 Å². The molecule has 8 heteroatoms. The highest BCUT2D eigenvalue weighted by Crippen LogP contribution is 2.22. The van der Waals surface area contributed by atoms with Crippen molar-refractivity contribution in [1.29, 1.82) is 0 Å². The number of hydrogen-bond acceptors (Lipinski definition) is 5. The number of fused-ring (bicyclic) bond motifs is 1. The van der Waals surface area contributed by atoms with Crippen molar-refractivity contribution in [2.45, 2.75) is 6.42 Å². The minimum absolute atomic E-state index is 0.0798. The molecule has 0 unspecified atom stereocenters. The number of benzene rings is 1. The molecule has 1 aromatic rings. The van der Waals surface area contributed by atoms with Crippen LogP contribution in [0.1, 0.15) is 27.1 Å². The van der Waals surface area contributed by atoms with Crippen molar-refractivity contribution in [2.24, 2.45) is 0 Å². The zero-order chi connectivity index (χ0) is 19.6. The van der Waals surface area contributed by atoms with Crippen LogP contribution < -0.4 is 0 Å². The average Bonchev–Trinajstić information content (AvgIpc) is 2.91. The Morgan fingerprint density at radius 3 is 1.85 bits per heavy atom. The molecule has 3 rings (SSSR count). The first-order valence-corrected chi connectivity index (χ1v) is 9.04. The van der Waals surface area contributed by atoms with E-state index >= 15 is 0 Å². The van der Waals surface area contributed by atoms with Crippen molar-refractivity contribution in [3.63, 3.8) is 0 Å². The monoisotopic (exact) mass is 372 g/mol. The smallest absolute Gasteiger partial charge is 0.262 e. The van der Waals surface area contributed by atoms with Crippen molar-refractivity contribution in [3.8, 4) is 0 Å². The fourth-order valence-electron chi connectivity index (χ4n) is 3.30. The molecule has 0 bridgehead atoms. The predicted octanol–water partition coefficient (Wildman–Crippen LogP) is -0.0949. The molecule has 1 aromatic carbocycles. The summed E-state index contributed by atoms with van der Waals surface area (Å²) >= 11 is 0. The van der Waals surface area contributed by atoms with Gasteiger partial charge in [-0.15, -0.1) is 0 Å². The molecule has 4 amide bonds. The molecule has 0 N–H and O–H groups in total. The van der Waals surface area contributed by atoms with Gasteiger partial charge in [0.05, 0.1) is 11.1 Å². The van der Waals surface area contributed by atoms with Crippen LogP contribution in [0, 0.1) is 0 Å². The standard InChI is InChI=1S/C19H24N4O4/c1-20(2)8-7-16(24)21-9-11-22(12-10-21)17(25)13-23-18(26)14-5-3-4-6-15(14)19(23)27/h3-6H,7-13H2,1-2H3. The summed E-state index contributed by atoms with van der Waals surface area (Å²) in [4.78, 5) is 55.8. The van der Waals surface area contributed by atoms with Gasteiger partial charge in [-0.3, -0.25) is 24.1 Å². The molecule has 0 atom stereocenters. The molecule has 1 fully saturated rings. The number of imide groups is 1. The summed E-state index contributed by atoms with van der Waals surface area (Å²) in [7, 11) is 3.84. The first-order chi connectivity index (χ1) is 12.9. The van der Waals surface area contributed by atoms with Gasteiger partial charge in [0.25, 0.3) is 11.8 Å². The average molecular weight is 372 g/mol.